The van der Waals surface area contributed by atoms with Crippen molar-refractivity contribution in [3.8, 4) is 0 Å². The third-order valence-electron chi connectivity index (χ3n) is 2.76. The Morgan fingerprint density at radius 2 is 1.95 bits per heavy atom. The lowest BCUT2D eigenvalue weighted by molar-refractivity contribution is 0.124. The zero-order valence-corrected chi connectivity index (χ0v) is 12.8. The minimum atomic E-state index is 0.147. The smallest absolute Gasteiger partial charge is 0.0717 e. The fourth-order valence-corrected chi connectivity index (χ4v) is 1.63. The Labute approximate surface area is 117 Å². The van der Waals surface area contributed by atoms with Crippen LogP contribution in [0.2, 0.25) is 0 Å². The van der Waals surface area contributed by atoms with Crippen LogP contribution in [0.15, 0.2) is 36.4 Å². The molecule has 1 N–H and O–H groups in total. The van der Waals surface area contributed by atoms with E-state index in [9.17, 15) is 0 Å². The first-order valence-electron chi connectivity index (χ1n) is 6.92. The zero-order chi connectivity index (χ0) is 14.3. The molecule has 0 aliphatic heterocycles. The van der Waals surface area contributed by atoms with E-state index in [4.69, 9.17) is 4.74 Å². The van der Waals surface area contributed by atoms with E-state index in [1.807, 2.05) is 6.92 Å². The van der Waals surface area contributed by atoms with Gasteiger partial charge in [-0.3, -0.25) is 0 Å². The van der Waals surface area contributed by atoms with Crippen molar-refractivity contribution in [2.75, 3.05) is 6.61 Å². The second-order valence-corrected chi connectivity index (χ2v) is 6.18. The van der Waals surface area contributed by atoms with E-state index in [1.165, 1.54) is 16.7 Å². The highest BCUT2D eigenvalue weighted by Gasteiger charge is 2.08. The van der Waals surface area contributed by atoms with Crippen molar-refractivity contribution in [3.63, 3.8) is 0 Å². The van der Waals surface area contributed by atoms with E-state index in [0.717, 1.165) is 19.6 Å². The third kappa shape index (κ3) is 7.81. The maximum Gasteiger partial charge on any atom is 0.0717 e. The summed E-state index contributed by atoms with van der Waals surface area (Å²) in [7, 11) is 0. The highest BCUT2D eigenvalue weighted by Crippen LogP contribution is 2.09. The molecule has 0 amide bonds. The molecule has 2 nitrogen and oxygen atoms in total. The van der Waals surface area contributed by atoms with Gasteiger partial charge in [-0.1, -0.05) is 29.8 Å². The number of ether oxygens (including phenoxy) is 1. The Balaban J connectivity index is 2.41. The zero-order valence-electron chi connectivity index (χ0n) is 12.8. The molecule has 106 valence electrons. The van der Waals surface area contributed by atoms with Gasteiger partial charge >= 0.3 is 0 Å². The van der Waals surface area contributed by atoms with Crippen molar-refractivity contribution < 1.29 is 4.74 Å². The molecular weight excluding hydrogens is 234 g/mol. The second kappa shape index (κ2) is 7.46. The van der Waals surface area contributed by atoms with Crippen LogP contribution in [0.3, 0.4) is 0 Å². The van der Waals surface area contributed by atoms with Gasteiger partial charge in [0, 0.05) is 12.1 Å². The van der Waals surface area contributed by atoms with Crippen molar-refractivity contribution in [2.45, 2.75) is 52.8 Å². The summed E-state index contributed by atoms with van der Waals surface area (Å²) in [6.45, 7) is 14.8. The lowest BCUT2D eigenvalue weighted by atomic mass is 10.1. The summed E-state index contributed by atoms with van der Waals surface area (Å²) in [4.78, 5) is 0. The fraction of sp³-hybridized carbons (Fsp3) is 0.529. The van der Waals surface area contributed by atoms with Crippen LogP contribution in [-0.4, -0.2) is 12.1 Å². The molecule has 0 heterocycles. The van der Waals surface area contributed by atoms with Crippen LogP contribution in [0.5, 0.6) is 0 Å². The normalized spacial score (nSPS) is 11.6. The minimum absolute atomic E-state index is 0.147. The predicted octanol–water partition coefficient (Wildman–Crippen LogP) is 4.06. The molecule has 0 bridgehead atoms. The highest BCUT2D eigenvalue weighted by molar-refractivity contribution is 5.23. The van der Waals surface area contributed by atoms with E-state index >= 15 is 0 Å². The third-order valence-corrected chi connectivity index (χ3v) is 2.76. The van der Waals surface area contributed by atoms with E-state index in [2.05, 4.69) is 56.9 Å². The number of rotatable bonds is 7. The number of benzene rings is 1. The van der Waals surface area contributed by atoms with Gasteiger partial charge in [-0.25, -0.2) is 0 Å². The summed E-state index contributed by atoms with van der Waals surface area (Å²) in [5.41, 5.74) is 3.85. The number of hydrogen-bond acceptors (Lipinski definition) is 2. The first-order chi connectivity index (χ1) is 8.87. The summed E-state index contributed by atoms with van der Waals surface area (Å²) in [6, 6.07) is 8.56. The lowest BCUT2D eigenvalue weighted by Gasteiger charge is -2.20. The van der Waals surface area contributed by atoms with Gasteiger partial charge in [-0.2, -0.15) is 0 Å². The SMILES string of the molecule is C=C(C)CCOCc1cccc(CNC(C)(C)C)c1. The van der Waals surface area contributed by atoms with Gasteiger partial charge in [-0.05, 0) is 45.2 Å². The Kier molecular flexibility index (Phi) is 6.26. The molecule has 0 saturated heterocycles. The van der Waals surface area contributed by atoms with E-state index in [0.29, 0.717) is 6.61 Å². The molecule has 2 heteroatoms. The van der Waals surface area contributed by atoms with Gasteiger partial charge in [0.1, 0.15) is 0 Å². The van der Waals surface area contributed by atoms with Gasteiger partial charge in [0.15, 0.2) is 0 Å². The molecule has 0 atom stereocenters. The van der Waals surface area contributed by atoms with E-state index in [-0.39, 0.29) is 5.54 Å². The first kappa shape index (κ1) is 15.9. The maximum absolute atomic E-state index is 5.65. The summed E-state index contributed by atoms with van der Waals surface area (Å²) in [5.74, 6) is 0. The maximum atomic E-state index is 5.65. The van der Waals surface area contributed by atoms with Crippen LogP contribution in [0.1, 0.15) is 45.2 Å². The van der Waals surface area contributed by atoms with Crippen LogP contribution in [0.25, 0.3) is 0 Å². The predicted molar refractivity (Wildman–Crippen MR) is 82.1 cm³/mol. The van der Waals surface area contributed by atoms with Crippen LogP contribution < -0.4 is 5.32 Å². The molecule has 0 saturated carbocycles. The summed E-state index contributed by atoms with van der Waals surface area (Å²) < 4.78 is 5.65. The number of nitrogens with one attached hydrogen (secondary N) is 1. The number of hydrogen-bond donors (Lipinski definition) is 1. The van der Waals surface area contributed by atoms with Gasteiger partial charge in [0.25, 0.3) is 0 Å². The fourth-order valence-electron chi connectivity index (χ4n) is 1.63. The highest BCUT2D eigenvalue weighted by atomic mass is 16.5. The van der Waals surface area contributed by atoms with Crippen molar-refractivity contribution >= 4 is 0 Å². The minimum Gasteiger partial charge on any atom is -0.376 e. The molecule has 19 heavy (non-hydrogen) atoms. The standard InChI is InChI=1S/C17H27NO/c1-14(2)9-10-19-13-16-8-6-7-15(11-16)12-18-17(3,4)5/h6-8,11,18H,1,9-10,12-13H2,2-5H3. The van der Waals surface area contributed by atoms with Crippen molar-refractivity contribution in [3.05, 3.63) is 47.5 Å². The monoisotopic (exact) mass is 261 g/mol. The van der Waals surface area contributed by atoms with E-state index in [1.54, 1.807) is 0 Å². The van der Waals surface area contributed by atoms with Crippen molar-refractivity contribution in [1.82, 2.24) is 5.32 Å². The summed E-state index contributed by atoms with van der Waals surface area (Å²) >= 11 is 0. The Morgan fingerprint density at radius 3 is 2.58 bits per heavy atom. The summed E-state index contributed by atoms with van der Waals surface area (Å²) in [5, 5.41) is 3.50. The molecule has 0 spiro atoms. The van der Waals surface area contributed by atoms with Gasteiger partial charge < -0.3 is 10.1 Å². The first-order valence-corrected chi connectivity index (χ1v) is 6.92. The van der Waals surface area contributed by atoms with Gasteiger partial charge in [0.2, 0.25) is 0 Å². The summed E-state index contributed by atoms with van der Waals surface area (Å²) in [6.07, 6.45) is 0.936. The van der Waals surface area contributed by atoms with Crippen LogP contribution >= 0.6 is 0 Å². The molecule has 0 aliphatic carbocycles. The van der Waals surface area contributed by atoms with Gasteiger partial charge in [0.05, 0.1) is 13.2 Å². The molecule has 0 radical (unpaired) electrons. The Hall–Kier alpha value is -1.12. The van der Waals surface area contributed by atoms with Gasteiger partial charge in [-0.15, -0.1) is 6.58 Å². The molecule has 0 fully saturated rings. The lowest BCUT2D eigenvalue weighted by Crippen LogP contribution is -2.35. The van der Waals surface area contributed by atoms with E-state index < -0.39 is 0 Å². The average molecular weight is 261 g/mol. The largest absolute Gasteiger partial charge is 0.376 e. The quantitative estimate of drug-likeness (QED) is 0.590. The molecule has 0 aliphatic rings. The van der Waals surface area contributed by atoms with Crippen molar-refractivity contribution in [1.29, 1.82) is 0 Å². The van der Waals surface area contributed by atoms with Crippen molar-refractivity contribution in [2.24, 2.45) is 0 Å². The molecule has 1 aromatic carbocycles. The molecule has 1 aromatic rings. The van der Waals surface area contributed by atoms with Crippen LogP contribution in [0, 0.1) is 0 Å². The Morgan fingerprint density at radius 1 is 1.26 bits per heavy atom. The average Bonchev–Trinajstić information content (AvgIpc) is 2.32. The topological polar surface area (TPSA) is 21.3 Å². The molecule has 1 rings (SSSR count). The second-order valence-electron chi connectivity index (χ2n) is 6.18. The Bertz CT molecular complexity index is 404. The molecular formula is C17H27NO. The molecule has 0 aromatic heterocycles. The van der Waals surface area contributed by atoms with Crippen LogP contribution in [0.4, 0.5) is 0 Å². The molecule has 0 unspecified atom stereocenters. The van der Waals surface area contributed by atoms with Crippen LogP contribution in [-0.2, 0) is 17.9 Å².